The first-order valence-electron chi connectivity index (χ1n) is 8.43. The minimum absolute atomic E-state index is 0.377. The van der Waals surface area contributed by atoms with Gasteiger partial charge in [0.05, 0.1) is 6.54 Å². The fourth-order valence-electron chi connectivity index (χ4n) is 2.93. The molecular weight excluding hydrogens is 310 g/mol. The van der Waals surface area contributed by atoms with E-state index in [9.17, 15) is 0 Å². The first-order valence-corrected chi connectivity index (χ1v) is 8.81. The lowest BCUT2D eigenvalue weighted by atomic mass is 9.67. The summed E-state index contributed by atoms with van der Waals surface area (Å²) in [6, 6.07) is 7.85. The van der Waals surface area contributed by atoms with Gasteiger partial charge >= 0.3 is 0 Å². The number of ether oxygens (including phenoxy) is 1. The van der Waals surface area contributed by atoms with Gasteiger partial charge in [0.2, 0.25) is 0 Å². The first kappa shape index (κ1) is 18.1. The Morgan fingerprint density at radius 2 is 2.17 bits per heavy atom. The molecule has 0 aromatic heterocycles. The molecule has 2 rings (SSSR count). The zero-order valence-corrected chi connectivity index (χ0v) is 15.0. The van der Waals surface area contributed by atoms with E-state index in [1.807, 2.05) is 24.3 Å². The second-order valence-corrected chi connectivity index (χ2v) is 6.71. The van der Waals surface area contributed by atoms with Crippen molar-refractivity contribution in [1.29, 1.82) is 0 Å². The van der Waals surface area contributed by atoms with Crippen LogP contribution in [-0.4, -0.2) is 32.8 Å². The van der Waals surface area contributed by atoms with Gasteiger partial charge < -0.3 is 15.4 Å². The fraction of sp³-hybridized carbons (Fsp3) is 0.611. The molecule has 0 heterocycles. The highest BCUT2D eigenvalue weighted by molar-refractivity contribution is 6.30. The van der Waals surface area contributed by atoms with Crippen LogP contribution in [0.2, 0.25) is 5.02 Å². The Morgan fingerprint density at radius 3 is 2.78 bits per heavy atom. The number of rotatable bonds is 8. The summed E-state index contributed by atoms with van der Waals surface area (Å²) in [7, 11) is 1.77. The summed E-state index contributed by atoms with van der Waals surface area (Å²) in [5, 5.41) is 7.58. The number of aliphatic imine (C=N–C) groups is 1. The van der Waals surface area contributed by atoms with Gasteiger partial charge in [-0.1, -0.05) is 30.2 Å². The van der Waals surface area contributed by atoms with Gasteiger partial charge in [0.15, 0.2) is 5.96 Å². The molecule has 1 aliphatic carbocycles. The molecule has 2 N–H and O–H groups in total. The number of halogens is 1. The molecule has 23 heavy (non-hydrogen) atoms. The maximum atomic E-state index is 6.03. The van der Waals surface area contributed by atoms with Crippen molar-refractivity contribution in [3.63, 3.8) is 0 Å². The predicted molar refractivity (Wildman–Crippen MR) is 97.0 cm³/mol. The Hall–Kier alpha value is -1.26. The molecule has 4 nitrogen and oxygen atoms in total. The average molecular weight is 338 g/mol. The van der Waals surface area contributed by atoms with Crippen LogP contribution in [0.3, 0.4) is 0 Å². The molecule has 0 amide bonds. The SMILES string of the molecule is CCNC(=NCc1cccc(Cl)c1)NCC1(CCOC)CCC1. The van der Waals surface area contributed by atoms with Crippen LogP contribution in [0.15, 0.2) is 29.3 Å². The Labute approximate surface area is 144 Å². The third-order valence-corrected chi connectivity index (χ3v) is 4.77. The van der Waals surface area contributed by atoms with Crippen LogP contribution < -0.4 is 10.6 Å². The average Bonchev–Trinajstić information content (AvgIpc) is 2.51. The van der Waals surface area contributed by atoms with Gasteiger partial charge in [0.1, 0.15) is 0 Å². The largest absolute Gasteiger partial charge is 0.385 e. The maximum absolute atomic E-state index is 6.03. The Kier molecular flexibility index (Phi) is 7.18. The Morgan fingerprint density at radius 1 is 1.35 bits per heavy atom. The molecule has 1 saturated carbocycles. The minimum atomic E-state index is 0.377. The fourth-order valence-corrected chi connectivity index (χ4v) is 3.14. The highest BCUT2D eigenvalue weighted by Crippen LogP contribution is 2.43. The maximum Gasteiger partial charge on any atom is 0.191 e. The van der Waals surface area contributed by atoms with E-state index >= 15 is 0 Å². The zero-order valence-electron chi connectivity index (χ0n) is 14.2. The number of guanidine groups is 1. The Balaban J connectivity index is 1.91. The number of methoxy groups -OCH3 is 1. The van der Waals surface area contributed by atoms with Gasteiger partial charge in [-0.15, -0.1) is 0 Å². The predicted octanol–water partition coefficient (Wildman–Crippen LogP) is 3.60. The van der Waals surface area contributed by atoms with Gasteiger partial charge in [0, 0.05) is 31.8 Å². The first-order chi connectivity index (χ1) is 11.2. The summed E-state index contributed by atoms with van der Waals surface area (Å²) in [6.07, 6.45) is 4.99. The summed E-state index contributed by atoms with van der Waals surface area (Å²) >= 11 is 6.03. The van der Waals surface area contributed by atoms with Gasteiger partial charge in [-0.25, -0.2) is 4.99 Å². The van der Waals surface area contributed by atoms with Gasteiger partial charge in [-0.3, -0.25) is 0 Å². The molecule has 0 bridgehead atoms. The number of hydrogen-bond acceptors (Lipinski definition) is 2. The lowest BCUT2D eigenvalue weighted by Crippen LogP contribution is -2.46. The normalized spacial score (nSPS) is 16.7. The molecule has 0 radical (unpaired) electrons. The van der Waals surface area contributed by atoms with Crippen LogP contribution in [0.5, 0.6) is 0 Å². The van der Waals surface area contributed by atoms with E-state index in [-0.39, 0.29) is 0 Å². The van der Waals surface area contributed by atoms with Crippen LogP contribution in [0, 0.1) is 5.41 Å². The third-order valence-electron chi connectivity index (χ3n) is 4.53. The van der Waals surface area contributed by atoms with Crippen LogP contribution >= 0.6 is 11.6 Å². The summed E-state index contributed by atoms with van der Waals surface area (Å²) < 4.78 is 5.26. The number of hydrogen-bond donors (Lipinski definition) is 2. The second-order valence-electron chi connectivity index (χ2n) is 6.27. The lowest BCUT2D eigenvalue weighted by Gasteiger charge is -2.42. The van der Waals surface area contributed by atoms with Crippen molar-refractivity contribution in [2.75, 3.05) is 26.8 Å². The minimum Gasteiger partial charge on any atom is -0.385 e. The van der Waals surface area contributed by atoms with Crippen LogP contribution in [0.1, 0.15) is 38.2 Å². The van der Waals surface area contributed by atoms with E-state index in [1.165, 1.54) is 19.3 Å². The smallest absolute Gasteiger partial charge is 0.191 e. The van der Waals surface area contributed by atoms with E-state index in [0.29, 0.717) is 12.0 Å². The van der Waals surface area contributed by atoms with Crippen molar-refractivity contribution in [3.05, 3.63) is 34.9 Å². The zero-order chi connectivity index (χ0) is 16.5. The van der Waals surface area contributed by atoms with Crippen molar-refractivity contribution in [2.24, 2.45) is 10.4 Å². The summed E-state index contributed by atoms with van der Waals surface area (Å²) in [4.78, 5) is 4.67. The van der Waals surface area contributed by atoms with E-state index in [1.54, 1.807) is 7.11 Å². The number of nitrogens with zero attached hydrogens (tertiary/aromatic N) is 1. The second kappa shape index (κ2) is 9.14. The van der Waals surface area contributed by atoms with Crippen LogP contribution in [0.4, 0.5) is 0 Å². The topological polar surface area (TPSA) is 45.7 Å². The highest BCUT2D eigenvalue weighted by atomic mass is 35.5. The van der Waals surface area contributed by atoms with E-state index in [4.69, 9.17) is 16.3 Å². The van der Waals surface area contributed by atoms with E-state index in [2.05, 4.69) is 22.5 Å². The summed E-state index contributed by atoms with van der Waals surface area (Å²) in [5.74, 6) is 0.871. The number of nitrogens with one attached hydrogen (secondary N) is 2. The molecule has 0 spiro atoms. The van der Waals surface area contributed by atoms with Gasteiger partial charge in [-0.05, 0) is 49.3 Å². The van der Waals surface area contributed by atoms with Crippen molar-refractivity contribution in [3.8, 4) is 0 Å². The van der Waals surface area contributed by atoms with E-state index < -0.39 is 0 Å². The van der Waals surface area contributed by atoms with Crippen LogP contribution in [-0.2, 0) is 11.3 Å². The van der Waals surface area contributed by atoms with Gasteiger partial charge in [-0.2, -0.15) is 0 Å². The monoisotopic (exact) mass is 337 g/mol. The quantitative estimate of drug-likeness (QED) is 0.562. The van der Waals surface area contributed by atoms with Crippen LogP contribution in [0.25, 0.3) is 0 Å². The molecule has 1 aromatic rings. The summed E-state index contributed by atoms with van der Waals surface area (Å²) in [6.45, 7) is 5.35. The van der Waals surface area contributed by atoms with Crippen molar-refractivity contribution < 1.29 is 4.74 Å². The van der Waals surface area contributed by atoms with E-state index in [0.717, 1.165) is 42.7 Å². The van der Waals surface area contributed by atoms with Gasteiger partial charge in [0.25, 0.3) is 0 Å². The van der Waals surface area contributed by atoms with Crippen molar-refractivity contribution in [2.45, 2.75) is 39.2 Å². The summed E-state index contributed by atoms with van der Waals surface area (Å²) in [5.41, 5.74) is 1.50. The molecule has 5 heteroatoms. The number of benzene rings is 1. The standard InChI is InChI=1S/C18H28ClN3O/c1-3-20-17(21-13-15-6-4-7-16(19)12-15)22-14-18(8-5-9-18)10-11-23-2/h4,6-7,12H,3,5,8-11,13-14H2,1-2H3,(H2,20,21,22). The third kappa shape index (κ3) is 5.70. The van der Waals surface area contributed by atoms with Crippen molar-refractivity contribution in [1.82, 2.24) is 10.6 Å². The van der Waals surface area contributed by atoms with Crippen molar-refractivity contribution >= 4 is 17.6 Å². The molecule has 128 valence electrons. The molecular formula is C18H28ClN3O. The molecule has 0 unspecified atom stereocenters. The molecule has 1 fully saturated rings. The molecule has 1 aromatic carbocycles. The molecule has 0 atom stereocenters. The molecule has 1 aliphatic rings. The molecule has 0 saturated heterocycles. The Bertz CT molecular complexity index is 515. The highest BCUT2D eigenvalue weighted by Gasteiger charge is 2.36. The molecule has 0 aliphatic heterocycles. The lowest BCUT2D eigenvalue weighted by molar-refractivity contribution is 0.0732.